The van der Waals surface area contributed by atoms with E-state index in [0.717, 1.165) is 23.7 Å². The van der Waals surface area contributed by atoms with Crippen molar-refractivity contribution in [3.05, 3.63) is 59.1 Å². The van der Waals surface area contributed by atoms with E-state index in [0.29, 0.717) is 11.5 Å². The average Bonchev–Trinajstić information content (AvgIpc) is 2.50. The number of rotatable bonds is 4. The van der Waals surface area contributed by atoms with E-state index in [2.05, 4.69) is 86.3 Å². The minimum Gasteiger partial charge on any atom is -0.322 e. The number of benzene rings is 2. The van der Waals surface area contributed by atoms with Gasteiger partial charge in [0.15, 0.2) is 0 Å². The topological polar surface area (TPSA) is 29.1 Å². The van der Waals surface area contributed by atoms with Gasteiger partial charge in [0, 0.05) is 17.3 Å². The Bertz CT molecular complexity index is 703. The number of carbonyl (C=O) groups is 1. The first-order valence-corrected chi connectivity index (χ1v) is 9.93. The zero-order valence-corrected chi connectivity index (χ0v) is 18.2. The quantitative estimate of drug-likeness (QED) is 0.326. The lowest BCUT2D eigenvalue weighted by Crippen LogP contribution is -2.15. The number of halogens is 3. The van der Waals surface area contributed by atoms with Crippen LogP contribution in [0.3, 0.4) is 0 Å². The molecule has 2 nitrogen and oxygen atoms in total. The SMILES string of the molecule is CC[C@@H](C)c1ccccc1NC(=O)c1cc(I)cc(I)c1Br. The van der Waals surface area contributed by atoms with Crippen LogP contribution in [-0.2, 0) is 0 Å². The third-order valence-electron chi connectivity index (χ3n) is 3.59. The Hall–Kier alpha value is -0.150. The van der Waals surface area contributed by atoms with Crippen LogP contribution in [-0.4, -0.2) is 5.91 Å². The Kier molecular flexibility index (Phi) is 6.70. The molecule has 0 spiro atoms. The molecule has 1 N–H and O–H groups in total. The highest BCUT2D eigenvalue weighted by molar-refractivity contribution is 14.1. The molecule has 2 aromatic carbocycles. The van der Waals surface area contributed by atoms with Crippen LogP contribution in [0.4, 0.5) is 5.69 Å². The summed E-state index contributed by atoms with van der Waals surface area (Å²) in [5, 5.41) is 3.06. The van der Waals surface area contributed by atoms with Crippen molar-refractivity contribution >= 4 is 72.7 Å². The van der Waals surface area contributed by atoms with E-state index in [1.165, 1.54) is 5.56 Å². The lowest BCUT2D eigenvalue weighted by atomic mass is 9.97. The zero-order valence-electron chi connectivity index (χ0n) is 12.3. The van der Waals surface area contributed by atoms with Crippen LogP contribution in [0.5, 0.6) is 0 Å². The zero-order chi connectivity index (χ0) is 16.3. The molecule has 0 bridgehead atoms. The van der Waals surface area contributed by atoms with E-state index < -0.39 is 0 Å². The Labute approximate surface area is 166 Å². The van der Waals surface area contributed by atoms with Gasteiger partial charge in [0.2, 0.25) is 0 Å². The van der Waals surface area contributed by atoms with Crippen LogP contribution in [0, 0.1) is 7.14 Å². The van der Waals surface area contributed by atoms with E-state index in [9.17, 15) is 4.79 Å². The predicted molar refractivity (Wildman–Crippen MR) is 113 cm³/mol. The minimum absolute atomic E-state index is 0.0842. The highest BCUT2D eigenvalue weighted by Crippen LogP contribution is 2.29. The number of carbonyl (C=O) groups excluding carboxylic acids is 1. The van der Waals surface area contributed by atoms with Gasteiger partial charge in [-0.15, -0.1) is 0 Å². The van der Waals surface area contributed by atoms with Crippen molar-refractivity contribution in [1.29, 1.82) is 0 Å². The Morgan fingerprint density at radius 3 is 2.64 bits per heavy atom. The molecule has 0 heterocycles. The van der Waals surface area contributed by atoms with Crippen LogP contribution in [0.15, 0.2) is 40.9 Å². The highest BCUT2D eigenvalue weighted by atomic mass is 127. The lowest BCUT2D eigenvalue weighted by Gasteiger charge is -2.16. The van der Waals surface area contributed by atoms with E-state index in [-0.39, 0.29) is 5.91 Å². The van der Waals surface area contributed by atoms with Crippen molar-refractivity contribution in [2.75, 3.05) is 5.32 Å². The van der Waals surface area contributed by atoms with Gasteiger partial charge in [-0.05, 0) is 97.2 Å². The molecule has 0 saturated carbocycles. The van der Waals surface area contributed by atoms with Gasteiger partial charge in [0.05, 0.1) is 5.56 Å². The first-order chi connectivity index (χ1) is 10.4. The standard InChI is InChI=1S/C17H16BrI2NO/c1-3-10(2)12-6-4-5-7-15(12)21-17(22)13-8-11(19)9-14(20)16(13)18/h4-10H,3H2,1-2H3,(H,21,22)/t10-/m1/s1. The predicted octanol–water partition coefficient (Wildman–Crippen LogP) is 6.42. The molecule has 0 aliphatic carbocycles. The van der Waals surface area contributed by atoms with Crippen molar-refractivity contribution in [1.82, 2.24) is 0 Å². The Morgan fingerprint density at radius 1 is 1.27 bits per heavy atom. The fourth-order valence-corrected chi connectivity index (χ4v) is 4.43. The first-order valence-electron chi connectivity index (χ1n) is 6.98. The summed E-state index contributed by atoms with van der Waals surface area (Å²) in [6, 6.07) is 11.9. The Balaban J connectivity index is 2.34. The van der Waals surface area contributed by atoms with Crippen molar-refractivity contribution in [3.8, 4) is 0 Å². The van der Waals surface area contributed by atoms with Crippen LogP contribution < -0.4 is 5.32 Å². The summed E-state index contributed by atoms with van der Waals surface area (Å²) in [5.74, 6) is 0.329. The van der Waals surface area contributed by atoms with E-state index in [1.54, 1.807) is 0 Å². The normalized spacial score (nSPS) is 12.0. The summed E-state index contributed by atoms with van der Waals surface area (Å²) >= 11 is 7.98. The number of amides is 1. The molecule has 0 radical (unpaired) electrons. The van der Waals surface area contributed by atoms with E-state index >= 15 is 0 Å². The first kappa shape index (κ1) is 18.2. The van der Waals surface area contributed by atoms with Gasteiger partial charge < -0.3 is 5.32 Å². The Morgan fingerprint density at radius 2 is 1.95 bits per heavy atom. The van der Waals surface area contributed by atoms with Crippen LogP contribution >= 0.6 is 61.1 Å². The number of anilines is 1. The number of para-hydroxylation sites is 1. The maximum absolute atomic E-state index is 12.7. The molecule has 0 aromatic heterocycles. The van der Waals surface area contributed by atoms with Crippen LogP contribution in [0.1, 0.15) is 42.1 Å². The van der Waals surface area contributed by atoms with Gasteiger partial charge in [-0.1, -0.05) is 32.0 Å². The number of hydrogen-bond acceptors (Lipinski definition) is 1. The second-order valence-electron chi connectivity index (χ2n) is 5.10. The van der Waals surface area contributed by atoms with Crippen molar-refractivity contribution in [2.24, 2.45) is 0 Å². The summed E-state index contributed by atoms with van der Waals surface area (Å²) in [7, 11) is 0. The molecule has 1 amide bonds. The molecule has 22 heavy (non-hydrogen) atoms. The molecule has 2 aromatic rings. The van der Waals surface area contributed by atoms with Crippen molar-refractivity contribution in [2.45, 2.75) is 26.2 Å². The third-order valence-corrected chi connectivity index (χ3v) is 6.66. The van der Waals surface area contributed by atoms with Crippen molar-refractivity contribution in [3.63, 3.8) is 0 Å². The molecular weight excluding hydrogens is 568 g/mol. The maximum Gasteiger partial charge on any atom is 0.256 e. The highest BCUT2D eigenvalue weighted by Gasteiger charge is 2.16. The van der Waals surface area contributed by atoms with Gasteiger partial charge in [0.1, 0.15) is 0 Å². The molecule has 0 unspecified atom stereocenters. The van der Waals surface area contributed by atoms with Gasteiger partial charge in [-0.2, -0.15) is 0 Å². The fraction of sp³-hybridized carbons (Fsp3) is 0.235. The summed E-state index contributed by atoms with van der Waals surface area (Å²) < 4.78 is 2.92. The lowest BCUT2D eigenvalue weighted by molar-refractivity contribution is 0.102. The second kappa shape index (κ2) is 8.10. The molecule has 2 rings (SSSR count). The molecule has 0 saturated heterocycles. The van der Waals surface area contributed by atoms with E-state index in [1.807, 2.05) is 30.3 Å². The molecule has 5 heteroatoms. The smallest absolute Gasteiger partial charge is 0.256 e. The number of nitrogens with one attached hydrogen (secondary N) is 1. The summed E-state index contributed by atoms with van der Waals surface area (Å²) in [6.07, 6.45) is 1.04. The minimum atomic E-state index is -0.0842. The molecule has 0 aliphatic heterocycles. The summed E-state index contributed by atoms with van der Waals surface area (Å²) in [5.41, 5.74) is 2.73. The van der Waals surface area contributed by atoms with Gasteiger partial charge >= 0.3 is 0 Å². The summed E-state index contributed by atoms with van der Waals surface area (Å²) in [4.78, 5) is 12.7. The molecule has 1 atom stereocenters. The van der Waals surface area contributed by atoms with E-state index in [4.69, 9.17) is 0 Å². The number of hydrogen-bond donors (Lipinski definition) is 1. The molecule has 0 aliphatic rings. The fourth-order valence-electron chi connectivity index (χ4n) is 2.17. The summed E-state index contributed by atoms with van der Waals surface area (Å²) in [6.45, 7) is 4.33. The maximum atomic E-state index is 12.7. The van der Waals surface area contributed by atoms with Gasteiger partial charge in [-0.3, -0.25) is 4.79 Å². The molecular formula is C17H16BrI2NO. The van der Waals surface area contributed by atoms with Gasteiger partial charge in [0.25, 0.3) is 5.91 Å². The second-order valence-corrected chi connectivity index (χ2v) is 8.30. The molecule has 0 fully saturated rings. The van der Waals surface area contributed by atoms with Gasteiger partial charge in [-0.25, -0.2) is 0 Å². The monoisotopic (exact) mass is 583 g/mol. The van der Waals surface area contributed by atoms with Crippen LogP contribution in [0.2, 0.25) is 0 Å². The van der Waals surface area contributed by atoms with Crippen molar-refractivity contribution < 1.29 is 4.79 Å². The third kappa shape index (κ3) is 4.23. The van der Waals surface area contributed by atoms with Crippen LogP contribution in [0.25, 0.3) is 0 Å². The molecule has 116 valence electrons. The largest absolute Gasteiger partial charge is 0.322 e. The average molecular weight is 584 g/mol.